The number of amides is 1. The molecular weight excluding hydrogens is 460 g/mol. The Kier molecular flexibility index (Phi) is 8.59. The van der Waals surface area contributed by atoms with E-state index in [1.807, 2.05) is 24.3 Å². The van der Waals surface area contributed by atoms with Crippen LogP contribution >= 0.6 is 0 Å². The number of carbonyl (C=O) groups excluding carboxylic acids is 1. The summed E-state index contributed by atoms with van der Waals surface area (Å²) < 4.78 is 31.4. The zero-order valence-electron chi connectivity index (χ0n) is 19.3. The molecule has 0 aromatic heterocycles. The molecule has 0 radical (unpaired) electrons. The zero-order chi connectivity index (χ0) is 24.7. The molecule has 1 aliphatic rings. The predicted molar refractivity (Wildman–Crippen MR) is 129 cm³/mol. The van der Waals surface area contributed by atoms with Gasteiger partial charge in [0.25, 0.3) is 5.69 Å². The fourth-order valence-corrected chi connectivity index (χ4v) is 5.09. The second kappa shape index (κ2) is 11.4. The van der Waals surface area contributed by atoms with Crippen LogP contribution in [0.3, 0.4) is 0 Å². The van der Waals surface area contributed by atoms with Gasteiger partial charge in [-0.3, -0.25) is 24.1 Å². The molecule has 0 spiro atoms. The number of hydrogen-bond acceptors (Lipinski definition) is 7. The van der Waals surface area contributed by atoms with Gasteiger partial charge in [0.15, 0.2) is 0 Å². The number of nitrogens with one attached hydrogen (secondary N) is 1. The highest BCUT2D eigenvalue weighted by Gasteiger charge is 2.32. The summed E-state index contributed by atoms with van der Waals surface area (Å²) in [5.41, 5.74) is 1.87. The number of rotatable bonds is 10. The summed E-state index contributed by atoms with van der Waals surface area (Å²) in [6, 6.07) is 12.1. The first kappa shape index (κ1) is 25.6. The lowest BCUT2D eigenvalue weighted by molar-refractivity contribution is -0.384. The smallest absolute Gasteiger partial charge is 0.271 e. The standard InChI is InChI=1S/C23H30N4O6S/c1-3-22(26(34(2,31)32)20-5-4-6-21(15-20)27(29)30)23(28)24-16-18-7-9-19(10-8-18)17-25-11-13-33-14-12-25/h4-10,15,22H,3,11-14,16-17H2,1-2H3,(H,24,28). The van der Waals surface area contributed by atoms with E-state index in [4.69, 9.17) is 4.74 Å². The van der Waals surface area contributed by atoms with Crippen LogP contribution < -0.4 is 9.62 Å². The Bertz CT molecular complexity index is 1100. The van der Waals surface area contributed by atoms with E-state index in [0.717, 1.165) is 60.6 Å². The SMILES string of the molecule is CCC(C(=O)NCc1ccc(CN2CCOCC2)cc1)N(c1cccc([N+](=O)[O-])c1)S(C)(=O)=O. The fourth-order valence-electron chi connectivity index (χ4n) is 3.89. The van der Waals surface area contributed by atoms with Crippen LogP contribution in [0.15, 0.2) is 48.5 Å². The number of benzene rings is 2. The molecule has 1 N–H and O–H groups in total. The molecule has 1 saturated heterocycles. The van der Waals surface area contributed by atoms with Gasteiger partial charge in [-0.1, -0.05) is 37.3 Å². The fraction of sp³-hybridized carbons (Fsp3) is 0.435. The number of non-ortho nitro benzene ring substituents is 1. The summed E-state index contributed by atoms with van der Waals surface area (Å²) >= 11 is 0. The summed E-state index contributed by atoms with van der Waals surface area (Å²) in [5, 5.41) is 13.9. The molecule has 2 aromatic carbocycles. The van der Waals surface area contributed by atoms with Gasteiger partial charge >= 0.3 is 0 Å². The largest absolute Gasteiger partial charge is 0.379 e. The van der Waals surface area contributed by atoms with Crippen LogP contribution in [0.5, 0.6) is 0 Å². The first-order valence-corrected chi connectivity index (χ1v) is 12.9. The van der Waals surface area contributed by atoms with Crippen molar-refractivity contribution in [3.63, 3.8) is 0 Å². The Hall–Kier alpha value is -3.02. The molecule has 2 aromatic rings. The Balaban J connectivity index is 1.68. The van der Waals surface area contributed by atoms with Crippen LogP contribution in [0, 0.1) is 10.1 Å². The Morgan fingerprint density at radius 1 is 1.18 bits per heavy atom. The van der Waals surface area contributed by atoms with E-state index in [1.54, 1.807) is 6.92 Å². The van der Waals surface area contributed by atoms with E-state index in [9.17, 15) is 23.3 Å². The molecule has 0 aliphatic carbocycles. The normalized spacial score (nSPS) is 15.5. The molecule has 184 valence electrons. The highest BCUT2D eigenvalue weighted by atomic mass is 32.2. The number of nitro benzene ring substituents is 1. The van der Waals surface area contributed by atoms with Gasteiger partial charge in [-0.15, -0.1) is 0 Å². The van der Waals surface area contributed by atoms with Crippen LogP contribution in [-0.2, 0) is 32.6 Å². The van der Waals surface area contributed by atoms with E-state index in [-0.39, 0.29) is 24.3 Å². The molecular formula is C23H30N4O6S. The Labute approximate surface area is 199 Å². The quantitative estimate of drug-likeness (QED) is 0.400. The number of hydrogen-bond donors (Lipinski definition) is 1. The zero-order valence-corrected chi connectivity index (χ0v) is 20.2. The van der Waals surface area contributed by atoms with Crippen LogP contribution in [-0.4, -0.2) is 62.7 Å². The summed E-state index contributed by atoms with van der Waals surface area (Å²) in [6.45, 7) is 6.04. The van der Waals surface area contributed by atoms with Crippen molar-refractivity contribution in [2.75, 3.05) is 36.9 Å². The van der Waals surface area contributed by atoms with Gasteiger partial charge in [-0.05, 0) is 23.6 Å². The third kappa shape index (κ3) is 6.75. The summed E-state index contributed by atoms with van der Waals surface area (Å²) in [4.78, 5) is 25.8. The first-order chi connectivity index (χ1) is 16.2. The van der Waals surface area contributed by atoms with Gasteiger partial charge in [0.05, 0.1) is 30.1 Å². The number of ether oxygens (including phenoxy) is 1. The van der Waals surface area contributed by atoms with E-state index in [0.29, 0.717) is 0 Å². The minimum absolute atomic E-state index is 0.0752. The molecule has 1 heterocycles. The van der Waals surface area contributed by atoms with Crippen molar-refractivity contribution in [1.82, 2.24) is 10.2 Å². The molecule has 1 atom stereocenters. The van der Waals surface area contributed by atoms with E-state index in [1.165, 1.54) is 18.2 Å². The third-order valence-corrected chi connectivity index (χ3v) is 6.80. The molecule has 0 bridgehead atoms. The third-order valence-electron chi connectivity index (χ3n) is 5.62. The van der Waals surface area contributed by atoms with E-state index < -0.39 is 26.9 Å². The average molecular weight is 491 g/mol. The maximum Gasteiger partial charge on any atom is 0.271 e. The van der Waals surface area contributed by atoms with Gasteiger partial charge in [-0.2, -0.15) is 0 Å². The number of sulfonamides is 1. The van der Waals surface area contributed by atoms with E-state index >= 15 is 0 Å². The highest BCUT2D eigenvalue weighted by molar-refractivity contribution is 7.92. The summed E-state index contributed by atoms with van der Waals surface area (Å²) in [7, 11) is -3.88. The predicted octanol–water partition coefficient (Wildman–Crippen LogP) is 2.29. The molecule has 11 heteroatoms. The monoisotopic (exact) mass is 490 g/mol. The van der Waals surface area contributed by atoms with Crippen molar-refractivity contribution in [3.8, 4) is 0 Å². The molecule has 3 rings (SSSR count). The summed E-state index contributed by atoms with van der Waals surface area (Å²) in [5.74, 6) is -0.475. The number of morpholine rings is 1. The lowest BCUT2D eigenvalue weighted by atomic mass is 10.1. The molecule has 1 aliphatic heterocycles. The second-order valence-electron chi connectivity index (χ2n) is 8.18. The average Bonchev–Trinajstić information content (AvgIpc) is 2.81. The summed E-state index contributed by atoms with van der Waals surface area (Å²) in [6.07, 6.45) is 1.18. The van der Waals surface area contributed by atoms with Crippen molar-refractivity contribution in [2.45, 2.75) is 32.5 Å². The maximum atomic E-state index is 13.0. The maximum absolute atomic E-state index is 13.0. The number of carbonyl (C=O) groups is 1. The van der Waals surface area contributed by atoms with Crippen LogP contribution in [0.1, 0.15) is 24.5 Å². The molecule has 1 amide bonds. The van der Waals surface area contributed by atoms with Crippen molar-refractivity contribution in [1.29, 1.82) is 0 Å². The lowest BCUT2D eigenvalue weighted by Crippen LogP contribution is -2.49. The second-order valence-corrected chi connectivity index (χ2v) is 10.0. The first-order valence-electron chi connectivity index (χ1n) is 11.1. The van der Waals surface area contributed by atoms with Gasteiger partial charge in [0.2, 0.25) is 15.9 Å². The van der Waals surface area contributed by atoms with Gasteiger partial charge in [0, 0.05) is 38.3 Å². The van der Waals surface area contributed by atoms with Crippen molar-refractivity contribution in [3.05, 3.63) is 69.8 Å². The number of nitrogens with zero attached hydrogens (tertiary/aromatic N) is 3. The molecule has 34 heavy (non-hydrogen) atoms. The molecule has 0 saturated carbocycles. The molecule has 1 fully saturated rings. The minimum Gasteiger partial charge on any atom is -0.379 e. The van der Waals surface area contributed by atoms with E-state index in [2.05, 4.69) is 10.2 Å². The minimum atomic E-state index is -3.88. The van der Waals surface area contributed by atoms with Gasteiger partial charge in [-0.25, -0.2) is 8.42 Å². The number of nitro groups is 1. The van der Waals surface area contributed by atoms with Gasteiger partial charge in [0.1, 0.15) is 6.04 Å². The number of anilines is 1. The van der Waals surface area contributed by atoms with Crippen molar-refractivity contribution >= 4 is 27.3 Å². The van der Waals surface area contributed by atoms with Crippen LogP contribution in [0.4, 0.5) is 11.4 Å². The Morgan fingerprint density at radius 3 is 2.41 bits per heavy atom. The lowest BCUT2D eigenvalue weighted by Gasteiger charge is -2.30. The van der Waals surface area contributed by atoms with Crippen molar-refractivity contribution in [2.24, 2.45) is 0 Å². The molecule has 10 nitrogen and oxygen atoms in total. The Morgan fingerprint density at radius 2 is 1.82 bits per heavy atom. The van der Waals surface area contributed by atoms with Crippen LogP contribution in [0.2, 0.25) is 0 Å². The van der Waals surface area contributed by atoms with Gasteiger partial charge < -0.3 is 10.1 Å². The molecule has 1 unspecified atom stereocenters. The topological polar surface area (TPSA) is 122 Å². The highest BCUT2D eigenvalue weighted by Crippen LogP contribution is 2.26. The van der Waals surface area contributed by atoms with Crippen molar-refractivity contribution < 1.29 is 22.9 Å². The van der Waals surface area contributed by atoms with Crippen LogP contribution in [0.25, 0.3) is 0 Å².